The van der Waals surface area contributed by atoms with Gasteiger partial charge < -0.3 is 19.3 Å². The van der Waals surface area contributed by atoms with Gasteiger partial charge in [-0.2, -0.15) is 0 Å². The highest BCUT2D eigenvalue weighted by molar-refractivity contribution is 5.17. The molecule has 0 bridgehead atoms. The lowest BCUT2D eigenvalue weighted by molar-refractivity contribution is -0.0916. The van der Waals surface area contributed by atoms with Gasteiger partial charge in [0, 0.05) is 12.1 Å². The topological polar surface area (TPSA) is 51.2 Å². The number of nitrogens with zero attached hydrogens (tertiary/aromatic N) is 1. The maximum Gasteiger partial charge on any atom is 0.103 e. The Morgan fingerprint density at radius 3 is 1.74 bits per heavy atom. The number of aliphatic hydroxyl groups excluding tert-OH is 1. The summed E-state index contributed by atoms with van der Waals surface area (Å²) in [7, 11) is 0. The van der Waals surface area contributed by atoms with Crippen molar-refractivity contribution in [3.05, 3.63) is 108 Å². The van der Waals surface area contributed by atoms with Crippen LogP contribution in [0.15, 0.2) is 91.0 Å². The van der Waals surface area contributed by atoms with Gasteiger partial charge in [-0.15, -0.1) is 0 Å². The Bertz CT molecular complexity index is 1030. The van der Waals surface area contributed by atoms with Crippen molar-refractivity contribution in [2.45, 2.75) is 69.6 Å². The average Bonchev–Trinajstić information content (AvgIpc) is 3.35. The molecule has 0 spiro atoms. The Balaban J connectivity index is 1.35. The normalized spacial score (nSPS) is 28.3. The fourth-order valence-corrected chi connectivity index (χ4v) is 5.52. The molecule has 0 saturated carbocycles. The van der Waals surface area contributed by atoms with Crippen LogP contribution in [0.2, 0.25) is 0 Å². The van der Waals surface area contributed by atoms with E-state index in [-0.39, 0.29) is 36.4 Å². The van der Waals surface area contributed by atoms with E-state index in [1.54, 1.807) is 0 Å². The third-order valence-electron chi connectivity index (χ3n) is 7.33. The molecule has 2 aliphatic rings. The van der Waals surface area contributed by atoms with Crippen molar-refractivity contribution in [3.63, 3.8) is 0 Å². The van der Waals surface area contributed by atoms with Gasteiger partial charge in [0.1, 0.15) is 12.2 Å². The Kier molecular flexibility index (Phi) is 7.92. The van der Waals surface area contributed by atoms with E-state index in [1.165, 1.54) is 0 Å². The van der Waals surface area contributed by atoms with Crippen LogP contribution in [0.25, 0.3) is 0 Å². The van der Waals surface area contributed by atoms with Crippen LogP contribution >= 0.6 is 0 Å². The first-order chi connectivity index (χ1) is 17.2. The average molecular weight is 474 g/mol. The van der Waals surface area contributed by atoms with E-state index < -0.39 is 0 Å². The number of benzene rings is 3. The Morgan fingerprint density at radius 2 is 1.20 bits per heavy atom. The molecular formula is C30H35NO4. The quantitative estimate of drug-likeness (QED) is 0.467. The molecule has 1 N–H and O–H groups in total. The zero-order valence-electron chi connectivity index (χ0n) is 20.3. The van der Waals surface area contributed by atoms with Crippen LogP contribution in [0.1, 0.15) is 30.0 Å². The van der Waals surface area contributed by atoms with Crippen molar-refractivity contribution < 1.29 is 19.3 Å². The Hall–Kier alpha value is -2.54. The molecule has 0 unspecified atom stereocenters. The van der Waals surface area contributed by atoms with Crippen LogP contribution < -0.4 is 0 Å². The minimum absolute atomic E-state index is 0.000322. The predicted octanol–water partition coefficient (Wildman–Crippen LogP) is 4.58. The third kappa shape index (κ3) is 5.66. The summed E-state index contributed by atoms with van der Waals surface area (Å²) in [5.74, 6) is 0. The minimum Gasteiger partial charge on any atom is -0.391 e. The summed E-state index contributed by atoms with van der Waals surface area (Å²) in [4.78, 5) is 2.39. The van der Waals surface area contributed by atoms with Crippen LogP contribution in [-0.4, -0.2) is 53.1 Å². The molecular weight excluding hydrogens is 438 g/mol. The van der Waals surface area contributed by atoms with Gasteiger partial charge in [0.2, 0.25) is 0 Å². The van der Waals surface area contributed by atoms with Gasteiger partial charge >= 0.3 is 0 Å². The van der Waals surface area contributed by atoms with E-state index in [9.17, 15) is 5.11 Å². The van der Waals surface area contributed by atoms with E-state index in [0.717, 1.165) is 16.7 Å². The fourth-order valence-electron chi connectivity index (χ4n) is 5.52. The second-order valence-electron chi connectivity index (χ2n) is 9.65. The zero-order chi connectivity index (χ0) is 24.0. The monoisotopic (exact) mass is 473 g/mol. The third-order valence-corrected chi connectivity index (χ3v) is 7.33. The summed E-state index contributed by atoms with van der Waals surface area (Å²) in [5, 5.41) is 10.7. The van der Waals surface area contributed by atoms with Crippen molar-refractivity contribution in [2.75, 3.05) is 6.61 Å². The highest BCUT2D eigenvalue weighted by atomic mass is 16.5. The molecule has 3 aromatic rings. The highest BCUT2D eigenvalue weighted by Gasteiger charge is 2.57. The van der Waals surface area contributed by atoms with Crippen LogP contribution in [-0.2, 0) is 34.0 Å². The van der Waals surface area contributed by atoms with Crippen LogP contribution in [0, 0.1) is 0 Å². The molecule has 6 atom stereocenters. The molecule has 2 fully saturated rings. The standard InChI is InChI=1S/C30H35NO4/c1-22-28(32)17-26-29(34-19-24-13-7-3-8-14-24)30(35-20-25-15-9-4-10-16-25)27(31(22)26)21-33-18-23-11-5-2-6-12-23/h2-16,22,26-30,32H,17-21H2,1H3/t22-,26-,27-,28+,29-,30-/m1/s1. The Morgan fingerprint density at radius 1 is 0.714 bits per heavy atom. The number of fused-ring (bicyclic) bond motifs is 1. The largest absolute Gasteiger partial charge is 0.391 e. The van der Waals surface area contributed by atoms with Gasteiger partial charge in [0.25, 0.3) is 0 Å². The summed E-state index contributed by atoms with van der Waals surface area (Å²) in [5.41, 5.74) is 3.42. The summed E-state index contributed by atoms with van der Waals surface area (Å²) < 4.78 is 19.4. The second-order valence-corrected chi connectivity index (χ2v) is 9.65. The first kappa shape index (κ1) is 24.2. The SMILES string of the molecule is C[C@@H]1[C@@H](O)C[C@@H]2[C@@H](OCc3ccccc3)[C@H](OCc3ccccc3)[C@@H](COCc3ccccc3)N12. The van der Waals surface area contributed by atoms with E-state index in [4.69, 9.17) is 14.2 Å². The molecule has 2 aliphatic heterocycles. The Labute approximate surface area is 208 Å². The molecule has 35 heavy (non-hydrogen) atoms. The van der Waals surface area contributed by atoms with Gasteiger partial charge in [-0.05, 0) is 30.0 Å². The summed E-state index contributed by atoms with van der Waals surface area (Å²) in [6.07, 6.45) is -0.00548. The van der Waals surface area contributed by atoms with E-state index in [2.05, 4.69) is 48.2 Å². The van der Waals surface area contributed by atoms with Gasteiger partial charge in [-0.1, -0.05) is 91.0 Å². The van der Waals surface area contributed by atoms with Gasteiger partial charge in [-0.25, -0.2) is 0 Å². The lowest BCUT2D eigenvalue weighted by Gasteiger charge is -2.31. The molecule has 5 rings (SSSR count). The molecule has 5 heteroatoms. The van der Waals surface area contributed by atoms with Gasteiger partial charge in [-0.3, -0.25) is 4.90 Å². The predicted molar refractivity (Wildman–Crippen MR) is 136 cm³/mol. The van der Waals surface area contributed by atoms with Crippen LogP contribution in [0.5, 0.6) is 0 Å². The smallest absolute Gasteiger partial charge is 0.103 e. The highest BCUT2D eigenvalue weighted by Crippen LogP contribution is 2.41. The molecule has 184 valence electrons. The van der Waals surface area contributed by atoms with Crippen molar-refractivity contribution in [3.8, 4) is 0 Å². The number of ether oxygens (including phenoxy) is 3. The first-order valence-corrected chi connectivity index (χ1v) is 12.6. The number of hydrogen-bond acceptors (Lipinski definition) is 5. The molecule has 0 aliphatic carbocycles. The van der Waals surface area contributed by atoms with E-state index >= 15 is 0 Å². The molecule has 3 aromatic carbocycles. The van der Waals surface area contributed by atoms with E-state index in [0.29, 0.717) is 32.8 Å². The maximum absolute atomic E-state index is 10.7. The van der Waals surface area contributed by atoms with Crippen LogP contribution in [0.4, 0.5) is 0 Å². The van der Waals surface area contributed by atoms with Crippen molar-refractivity contribution in [1.82, 2.24) is 4.90 Å². The minimum atomic E-state index is -0.380. The lowest BCUT2D eigenvalue weighted by atomic mass is 10.0. The molecule has 2 heterocycles. The van der Waals surface area contributed by atoms with Crippen molar-refractivity contribution in [1.29, 1.82) is 0 Å². The fraction of sp³-hybridized carbons (Fsp3) is 0.400. The summed E-state index contributed by atoms with van der Waals surface area (Å²) in [6.45, 7) is 4.20. The van der Waals surface area contributed by atoms with Gasteiger partial charge in [0.05, 0.1) is 38.6 Å². The summed E-state index contributed by atoms with van der Waals surface area (Å²) in [6, 6.07) is 30.9. The molecule has 2 saturated heterocycles. The first-order valence-electron chi connectivity index (χ1n) is 12.6. The van der Waals surface area contributed by atoms with Crippen molar-refractivity contribution in [2.24, 2.45) is 0 Å². The number of rotatable bonds is 10. The molecule has 0 aromatic heterocycles. The van der Waals surface area contributed by atoms with E-state index in [1.807, 2.05) is 54.6 Å². The lowest BCUT2D eigenvalue weighted by Crippen LogP contribution is -2.46. The molecule has 0 radical (unpaired) electrons. The van der Waals surface area contributed by atoms with Crippen molar-refractivity contribution >= 4 is 0 Å². The van der Waals surface area contributed by atoms with Crippen LogP contribution in [0.3, 0.4) is 0 Å². The number of aliphatic hydroxyl groups is 1. The molecule has 0 amide bonds. The second kappa shape index (κ2) is 11.5. The summed E-state index contributed by atoms with van der Waals surface area (Å²) >= 11 is 0. The molecule has 5 nitrogen and oxygen atoms in total. The zero-order valence-corrected chi connectivity index (χ0v) is 20.3. The van der Waals surface area contributed by atoms with Gasteiger partial charge in [0.15, 0.2) is 0 Å². The number of hydrogen-bond donors (Lipinski definition) is 1. The maximum atomic E-state index is 10.7.